The van der Waals surface area contributed by atoms with Crippen LogP contribution < -0.4 is 16.0 Å². The molecule has 1 aromatic carbocycles. The van der Waals surface area contributed by atoms with Gasteiger partial charge in [0.15, 0.2) is 0 Å². The summed E-state index contributed by atoms with van der Waals surface area (Å²) in [5, 5.41) is 9.04. The number of hydrogen-bond donors (Lipinski definition) is 3. The zero-order valence-electron chi connectivity index (χ0n) is 13.0. The molecule has 0 aliphatic rings. The molecule has 0 bridgehead atoms. The quantitative estimate of drug-likeness (QED) is 0.712. The Balaban J connectivity index is 2.53. The first-order chi connectivity index (χ1) is 9.56. The molecular formula is C16H27N3O. The van der Waals surface area contributed by atoms with Crippen LogP contribution in [0.4, 0.5) is 10.5 Å². The lowest BCUT2D eigenvalue weighted by Crippen LogP contribution is -2.36. The van der Waals surface area contributed by atoms with Crippen molar-refractivity contribution < 1.29 is 4.79 Å². The second kappa shape index (κ2) is 8.59. The maximum atomic E-state index is 11.9. The van der Waals surface area contributed by atoms with Crippen LogP contribution in [0.1, 0.15) is 51.6 Å². The normalized spacial score (nSPS) is 13.6. The number of rotatable bonds is 7. The lowest BCUT2D eigenvalue weighted by molar-refractivity contribution is 0.248. The lowest BCUT2D eigenvalue weighted by Gasteiger charge is -2.15. The van der Waals surface area contributed by atoms with Crippen molar-refractivity contribution in [3.8, 4) is 0 Å². The highest BCUT2D eigenvalue weighted by molar-refractivity contribution is 5.89. The molecule has 0 aliphatic carbocycles. The second-order valence-electron chi connectivity index (χ2n) is 5.28. The summed E-state index contributed by atoms with van der Waals surface area (Å²) in [6, 6.07) is 8.24. The summed E-state index contributed by atoms with van der Waals surface area (Å²) in [5.41, 5.74) is 1.98. The minimum absolute atomic E-state index is 0.136. The number of urea groups is 1. The minimum atomic E-state index is -0.136. The van der Waals surface area contributed by atoms with Gasteiger partial charge in [-0.2, -0.15) is 0 Å². The first-order valence-corrected chi connectivity index (χ1v) is 7.41. The van der Waals surface area contributed by atoms with Gasteiger partial charge in [0, 0.05) is 17.8 Å². The minimum Gasteiger partial charge on any atom is -0.335 e. The number of hydrogen-bond acceptors (Lipinski definition) is 2. The highest BCUT2D eigenvalue weighted by Gasteiger charge is 2.08. The molecule has 0 saturated carbocycles. The van der Waals surface area contributed by atoms with E-state index in [1.807, 2.05) is 38.2 Å². The van der Waals surface area contributed by atoms with Crippen LogP contribution in [-0.2, 0) is 0 Å². The Bertz CT molecular complexity index is 420. The average molecular weight is 277 g/mol. The predicted molar refractivity (Wildman–Crippen MR) is 85.1 cm³/mol. The largest absolute Gasteiger partial charge is 0.335 e. The third-order valence-electron chi connectivity index (χ3n) is 3.45. The van der Waals surface area contributed by atoms with E-state index in [2.05, 4.69) is 29.8 Å². The highest BCUT2D eigenvalue weighted by Crippen LogP contribution is 2.16. The van der Waals surface area contributed by atoms with Crippen molar-refractivity contribution in [3.63, 3.8) is 0 Å². The van der Waals surface area contributed by atoms with Crippen molar-refractivity contribution in [2.24, 2.45) is 0 Å². The number of nitrogens with one attached hydrogen (secondary N) is 3. The number of amides is 2. The van der Waals surface area contributed by atoms with Crippen molar-refractivity contribution in [3.05, 3.63) is 29.8 Å². The molecule has 0 saturated heterocycles. The van der Waals surface area contributed by atoms with Gasteiger partial charge in [-0.3, -0.25) is 0 Å². The van der Waals surface area contributed by atoms with Gasteiger partial charge < -0.3 is 16.0 Å². The Morgan fingerprint density at radius 3 is 2.70 bits per heavy atom. The van der Waals surface area contributed by atoms with E-state index in [1.165, 1.54) is 0 Å². The molecule has 0 fully saturated rings. The Kier molecular flexibility index (Phi) is 7.09. The topological polar surface area (TPSA) is 53.2 Å². The molecule has 0 heterocycles. The van der Waals surface area contributed by atoms with Crippen LogP contribution in [-0.4, -0.2) is 19.1 Å². The maximum Gasteiger partial charge on any atom is 0.319 e. The third-order valence-corrected chi connectivity index (χ3v) is 3.45. The van der Waals surface area contributed by atoms with Crippen molar-refractivity contribution in [1.82, 2.24) is 10.6 Å². The van der Waals surface area contributed by atoms with Crippen LogP contribution in [0, 0.1) is 0 Å². The number of benzene rings is 1. The summed E-state index contributed by atoms with van der Waals surface area (Å²) in [7, 11) is 1.92. The van der Waals surface area contributed by atoms with E-state index in [0.29, 0.717) is 0 Å². The van der Waals surface area contributed by atoms with Gasteiger partial charge in [-0.1, -0.05) is 31.9 Å². The smallest absolute Gasteiger partial charge is 0.319 e. The Hall–Kier alpha value is -1.55. The number of carbonyl (C=O) groups is 1. The van der Waals surface area contributed by atoms with Crippen molar-refractivity contribution in [1.29, 1.82) is 0 Å². The van der Waals surface area contributed by atoms with Crippen LogP contribution in [0.25, 0.3) is 0 Å². The van der Waals surface area contributed by atoms with Crippen molar-refractivity contribution >= 4 is 11.7 Å². The van der Waals surface area contributed by atoms with Gasteiger partial charge in [0.1, 0.15) is 0 Å². The molecule has 2 atom stereocenters. The van der Waals surface area contributed by atoms with E-state index in [-0.39, 0.29) is 18.1 Å². The molecular weight excluding hydrogens is 250 g/mol. The summed E-state index contributed by atoms with van der Waals surface area (Å²) in [6.07, 6.45) is 3.30. The van der Waals surface area contributed by atoms with E-state index >= 15 is 0 Å². The van der Waals surface area contributed by atoms with Crippen LogP contribution in [0.2, 0.25) is 0 Å². The van der Waals surface area contributed by atoms with E-state index < -0.39 is 0 Å². The van der Waals surface area contributed by atoms with Gasteiger partial charge in [0.25, 0.3) is 0 Å². The lowest BCUT2D eigenvalue weighted by atomic mass is 10.1. The molecule has 2 unspecified atom stereocenters. The number of unbranched alkanes of at least 4 members (excludes halogenated alkanes) is 1. The molecule has 112 valence electrons. The van der Waals surface area contributed by atoms with Gasteiger partial charge in [0.05, 0.1) is 0 Å². The van der Waals surface area contributed by atoms with Gasteiger partial charge in [-0.25, -0.2) is 4.79 Å². The zero-order valence-corrected chi connectivity index (χ0v) is 13.0. The zero-order chi connectivity index (χ0) is 15.0. The van der Waals surface area contributed by atoms with Gasteiger partial charge >= 0.3 is 6.03 Å². The molecule has 0 aromatic heterocycles. The molecule has 0 aliphatic heterocycles. The molecule has 20 heavy (non-hydrogen) atoms. The van der Waals surface area contributed by atoms with E-state index in [4.69, 9.17) is 0 Å². The number of anilines is 1. The fraction of sp³-hybridized carbons (Fsp3) is 0.562. The molecule has 1 rings (SSSR count). The first kappa shape index (κ1) is 16.5. The summed E-state index contributed by atoms with van der Waals surface area (Å²) in [5.74, 6) is 0. The van der Waals surface area contributed by atoms with Crippen LogP contribution in [0.5, 0.6) is 0 Å². The Morgan fingerprint density at radius 2 is 2.05 bits per heavy atom. The predicted octanol–water partition coefficient (Wildman–Crippen LogP) is 3.67. The molecule has 4 heteroatoms. The van der Waals surface area contributed by atoms with Gasteiger partial charge in [-0.05, 0) is 45.0 Å². The van der Waals surface area contributed by atoms with E-state index in [9.17, 15) is 4.79 Å². The standard InChI is InChI=1S/C16H27N3O/c1-5-6-8-12(2)18-16(20)19-15-10-7-9-14(11-15)13(3)17-4/h7,9-13,17H,5-6,8H2,1-4H3,(H2,18,19,20). The summed E-state index contributed by atoms with van der Waals surface area (Å²) in [4.78, 5) is 11.9. The Labute approximate surface area is 122 Å². The van der Waals surface area contributed by atoms with E-state index in [1.54, 1.807) is 0 Å². The summed E-state index contributed by atoms with van der Waals surface area (Å²) < 4.78 is 0. The van der Waals surface area contributed by atoms with Crippen LogP contribution >= 0.6 is 0 Å². The number of carbonyl (C=O) groups excluding carboxylic acids is 1. The van der Waals surface area contributed by atoms with E-state index in [0.717, 1.165) is 30.5 Å². The maximum absolute atomic E-state index is 11.9. The SMILES string of the molecule is CCCCC(C)NC(=O)Nc1cccc(C(C)NC)c1. The molecule has 0 radical (unpaired) electrons. The summed E-state index contributed by atoms with van der Waals surface area (Å²) >= 11 is 0. The fourth-order valence-corrected chi connectivity index (χ4v) is 2.03. The average Bonchev–Trinajstić information content (AvgIpc) is 2.44. The molecule has 4 nitrogen and oxygen atoms in total. The molecule has 1 aromatic rings. The second-order valence-corrected chi connectivity index (χ2v) is 5.28. The monoisotopic (exact) mass is 277 g/mol. The third kappa shape index (κ3) is 5.61. The Morgan fingerprint density at radius 1 is 1.30 bits per heavy atom. The van der Waals surface area contributed by atoms with Crippen LogP contribution in [0.3, 0.4) is 0 Å². The molecule has 0 spiro atoms. The fourth-order valence-electron chi connectivity index (χ4n) is 2.03. The summed E-state index contributed by atoms with van der Waals surface area (Å²) in [6.45, 7) is 6.28. The van der Waals surface area contributed by atoms with Crippen molar-refractivity contribution in [2.45, 2.75) is 52.1 Å². The first-order valence-electron chi connectivity index (χ1n) is 7.41. The van der Waals surface area contributed by atoms with Gasteiger partial charge in [0.2, 0.25) is 0 Å². The van der Waals surface area contributed by atoms with Crippen LogP contribution in [0.15, 0.2) is 24.3 Å². The highest BCUT2D eigenvalue weighted by atomic mass is 16.2. The van der Waals surface area contributed by atoms with Gasteiger partial charge in [-0.15, -0.1) is 0 Å². The molecule has 3 N–H and O–H groups in total. The molecule has 2 amide bonds. The van der Waals surface area contributed by atoms with Crippen molar-refractivity contribution in [2.75, 3.05) is 12.4 Å².